The van der Waals surface area contributed by atoms with Crippen LogP contribution in [0.25, 0.3) is 0 Å². The third-order valence-corrected chi connectivity index (χ3v) is 2.89. The van der Waals surface area contributed by atoms with Gasteiger partial charge in [-0.3, -0.25) is 4.55 Å². The third-order valence-electron chi connectivity index (χ3n) is 2.09. The number of methoxy groups -OCH3 is 1. The average Bonchev–Trinajstić information content (AvgIpc) is 2.13. The normalized spacial score (nSPS) is 12.5. The highest BCUT2D eigenvalue weighted by Gasteiger charge is 2.09. The van der Waals surface area contributed by atoms with E-state index in [-0.39, 0.29) is 11.9 Å². The summed E-state index contributed by atoms with van der Waals surface area (Å²) < 4.78 is 33.8. The van der Waals surface area contributed by atoms with Crippen LogP contribution in [-0.2, 0) is 19.6 Å². The molecule has 0 rings (SSSR count). The lowest BCUT2D eigenvalue weighted by atomic mass is 10.1. The highest BCUT2D eigenvalue weighted by molar-refractivity contribution is 7.85. The van der Waals surface area contributed by atoms with Crippen molar-refractivity contribution in [2.45, 2.75) is 26.7 Å². The van der Waals surface area contributed by atoms with Crippen molar-refractivity contribution in [1.82, 2.24) is 6.15 Å². The molecule has 0 atom stereocenters. The number of carbonyl (C=O) groups is 1. The summed E-state index contributed by atoms with van der Waals surface area (Å²) in [6, 6.07) is 0. The van der Waals surface area contributed by atoms with E-state index in [9.17, 15) is 13.2 Å². The maximum Gasteiger partial charge on any atom is 0.333 e. The molecule has 0 heterocycles. The number of ether oxygens (including phenoxy) is 1. The first kappa shape index (κ1) is 17.5. The van der Waals surface area contributed by atoms with Crippen LogP contribution in [0, 0.1) is 0 Å². The molecule has 0 amide bonds. The molecule has 0 aromatic heterocycles. The Labute approximate surface area is 96.0 Å². The lowest BCUT2D eigenvalue weighted by Crippen LogP contribution is -2.06. The molecular weight excluding hydrogens is 234 g/mol. The van der Waals surface area contributed by atoms with Gasteiger partial charge < -0.3 is 10.9 Å². The van der Waals surface area contributed by atoms with Crippen molar-refractivity contribution in [3.63, 3.8) is 0 Å². The van der Waals surface area contributed by atoms with Gasteiger partial charge in [-0.1, -0.05) is 5.57 Å². The van der Waals surface area contributed by atoms with Gasteiger partial charge in [0, 0.05) is 5.57 Å². The van der Waals surface area contributed by atoms with Gasteiger partial charge in [0.25, 0.3) is 10.1 Å². The lowest BCUT2D eigenvalue weighted by molar-refractivity contribution is -0.136. The number of rotatable bonds is 5. The molecular formula is C9H19NO5S. The van der Waals surface area contributed by atoms with Crippen LogP contribution >= 0.6 is 0 Å². The minimum absolute atomic E-state index is 0. The molecule has 0 fully saturated rings. The monoisotopic (exact) mass is 253 g/mol. The van der Waals surface area contributed by atoms with Crippen LogP contribution in [0.1, 0.15) is 26.7 Å². The van der Waals surface area contributed by atoms with Crippen LogP contribution in [0.3, 0.4) is 0 Å². The first-order chi connectivity index (χ1) is 6.78. The largest absolute Gasteiger partial charge is 0.466 e. The van der Waals surface area contributed by atoms with Crippen molar-refractivity contribution in [3.8, 4) is 0 Å². The minimum atomic E-state index is -3.91. The summed E-state index contributed by atoms with van der Waals surface area (Å²) in [5.74, 6) is -0.710. The SMILES string of the molecule is COC(=O)C(C)=C(C)CCCS(=O)(=O)O.N. The fourth-order valence-corrected chi connectivity index (χ4v) is 1.54. The highest BCUT2D eigenvalue weighted by atomic mass is 32.2. The Bertz CT molecular complexity index is 358. The predicted molar refractivity (Wildman–Crippen MR) is 61.1 cm³/mol. The number of allylic oxidation sites excluding steroid dienone is 1. The summed E-state index contributed by atoms with van der Waals surface area (Å²) in [4.78, 5) is 11.1. The zero-order chi connectivity index (χ0) is 12.1. The van der Waals surface area contributed by atoms with E-state index in [1.807, 2.05) is 0 Å². The molecule has 0 bridgehead atoms. The first-order valence-electron chi connectivity index (χ1n) is 4.47. The van der Waals surface area contributed by atoms with E-state index in [2.05, 4.69) is 4.74 Å². The van der Waals surface area contributed by atoms with Gasteiger partial charge in [-0.2, -0.15) is 8.42 Å². The van der Waals surface area contributed by atoms with Crippen LogP contribution < -0.4 is 6.15 Å². The van der Waals surface area contributed by atoms with Gasteiger partial charge in [-0.15, -0.1) is 0 Å². The van der Waals surface area contributed by atoms with Gasteiger partial charge in [0.05, 0.1) is 12.9 Å². The zero-order valence-electron chi connectivity index (χ0n) is 9.82. The summed E-state index contributed by atoms with van der Waals surface area (Å²) >= 11 is 0. The Balaban J connectivity index is 0. The Morgan fingerprint density at radius 2 is 1.81 bits per heavy atom. The van der Waals surface area contributed by atoms with Gasteiger partial charge in [-0.05, 0) is 26.7 Å². The molecule has 7 heteroatoms. The summed E-state index contributed by atoms with van der Waals surface area (Å²) in [5.41, 5.74) is 1.25. The molecule has 0 aliphatic heterocycles. The second-order valence-electron chi connectivity index (χ2n) is 3.29. The minimum Gasteiger partial charge on any atom is -0.466 e. The predicted octanol–water partition coefficient (Wildman–Crippen LogP) is 1.33. The van der Waals surface area contributed by atoms with Crippen LogP contribution in [-0.4, -0.2) is 31.8 Å². The van der Waals surface area contributed by atoms with Crippen molar-refractivity contribution in [2.24, 2.45) is 0 Å². The van der Waals surface area contributed by atoms with Gasteiger partial charge in [0.2, 0.25) is 0 Å². The molecule has 0 spiro atoms. The van der Waals surface area contributed by atoms with E-state index in [0.29, 0.717) is 18.4 Å². The van der Waals surface area contributed by atoms with Crippen molar-refractivity contribution in [3.05, 3.63) is 11.1 Å². The number of esters is 1. The van der Waals surface area contributed by atoms with Crippen molar-refractivity contribution in [2.75, 3.05) is 12.9 Å². The summed E-state index contributed by atoms with van der Waals surface area (Å²) in [5, 5.41) is 0. The number of hydrogen-bond acceptors (Lipinski definition) is 5. The van der Waals surface area contributed by atoms with Gasteiger partial charge in [-0.25, -0.2) is 4.79 Å². The summed E-state index contributed by atoms with van der Waals surface area (Å²) in [6.45, 7) is 3.35. The second-order valence-corrected chi connectivity index (χ2v) is 4.86. The van der Waals surface area contributed by atoms with Crippen LogP contribution in [0.15, 0.2) is 11.1 Å². The van der Waals surface area contributed by atoms with Crippen LogP contribution in [0.5, 0.6) is 0 Å². The molecule has 96 valence electrons. The van der Waals surface area contributed by atoms with Crippen LogP contribution in [0.4, 0.5) is 0 Å². The summed E-state index contributed by atoms with van der Waals surface area (Å²) in [7, 11) is -2.62. The van der Waals surface area contributed by atoms with E-state index in [1.165, 1.54) is 7.11 Å². The average molecular weight is 253 g/mol. The topological polar surface area (TPSA) is 116 Å². The molecule has 0 unspecified atom stereocenters. The molecule has 0 aliphatic carbocycles. The molecule has 0 aromatic carbocycles. The Hall–Kier alpha value is -0.920. The molecule has 0 aromatic rings. The van der Waals surface area contributed by atoms with Crippen molar-refractivity contribution < 1.29 is 22.5 Å². The third kappa shape index (κ3) is 7.38. The van der Waals surface area contributed by atoms with E-state index < -0.39 is 16.1 Å². The zero-order valence-corrected chi connectivity index (χ0v) is 10.6. The highest BCUT2D eigenvalue weighted by Crippen LogP contribution is 2.12. The summed E-state index contributed by atoms with van der Waals surface area (Å²) in [6.07, 6.45) is 0.736. The van der Waals surface area contributed by atoms with Gasteiger partial charge >= 0.3 is 5.97 Å². The van der Waals surface area contributed by atoms with E-state index in [4.69, 9.17) is 4.55 Å². The second kappa shape index (κ2) is 7.37. The van der Waals surface area contributed by atoms with E-state index in [0.717, 1.165) is 5.57 Å². The lowest BCUT2D eigenvalue weighted by Gasteiger charge is -2.05. The standard InChI is InChI=1S/C9H16O5S.H3N/c1-7(8(2)9(10)14-3)5-4-6-15(11,12)13;/h4-6H2,1-3H3,(H,11,12,13);1H3. The van der Waals surface area contributed by atoms with Crippen molar-refractivity contribution in [1.29, 1.82) is 0 Å². The fourth-order valence-electron chi connectivity index (χ4n) is 1.03. The molecule has 0 radical (unpaired) electrons. The maximum atomic E-state index is 11.1. The number of hydrogen-bond donors (Lipinski definition) is 2. The fraction of sp³-hybridized carbons (Fsp3) is 0.667. The molecule has 0 saturated carbocycles. The Kier molecular flexibility index (Phi) is 8.05. The molecule has 0 aliphatic rings. The van der Waals surface area contributed by atoms with E-state index >= 15 is 0 Å². The van der Waals surface area contributed by atoms with E-state index in [1.54, 1.807) is 13.8 Å². The molecule has 0 saturated heterocycles. The molecule has 4 N–H and O–H groups in total. The maximum absolute atomic E-state index is 11.1. The van der Waals surface area contributed by atoms with Gasteiger partial charge in [0.15, 0.2) is 0 Å². The Morgan fingerprint density at radius 3 is 2.19 bits per heavy atom. The quantitative estimate of drug-likeness (QED) is 0.433. The molecule has 6 nitrogen and oxygen atoms in total. The van der Waals surface area contributed by atoms with Crippen molar-refractivity contribution >= 4 is 16.1 Å². The van der Waals surface area contributed by atoms with Crippen LogP contribution in [0.2, 0.25) is 0 Å². The first-order valence-corrected chi connectivity index (χ1v) is 6.08. The van der Waals surface area contributed by atoms with Gasteiger partial charge in [0.1, 0.15) is 0 Å². The Morgan fingerprint density at radius 1 is 1.31 bits per heavy atom. The number of carbonyl (C=O) groups excluding carboxylic acids is 1. The molecule has 16 heavy (non-hydrogen) atoms. The smallest absolute Gasteiger partial charge is 0.333 e.